The minimum absolute atomic E-state index is 0. The van der Waals surface area contributed by atoms with Crippen LogP contribution in [0.2, 0.25) is 0 Å². The van der Waals surface area contributed by atoms with Crippen LogP contribution in [-0.2, 0) is 0 Å². The quantitative estimate of drug-likeness (QED) is 0.842. The monoisotopic (exact) mass is 360 g/mol. The molecular formula is C20H25ClN2O2. The van der Waals surface area contributed by atoms with Crippen LogP contribution in [-0.4, -0.2) is 36.5 Å². The van der Waals surface area contributed by atoms with Crippen LogP contribution in [0.15, 0.2) is 54.6 Å². The molecule has 1 fully saturated rings. The Morgan fingerprint density at radius 3 is 2.40 bits per heavy atom. The van der Waals surface area contributed by atoms with Crippen molar-refractivity contribution in [3.05, 3.63) is 60.2 Å². The number of ether oxygens (including phenoxy) is 1. The van der Waals surface area contributed by atoms with Crippen LogP contribution in [0.1, 0.15) is 30.1 Å². The van der Waals surface area contributed by atoms with E-state index in [1.165, 1.54) is 0 Å². The van der Waals surface area contributed by atoms with Gasteiger partial charge in [-0.25, -0.2) is 0 Å². The Kier molecular flexibility index (Phi) is 7.29. The van der Waals surface area contributed by atoms with Crippen molar-refractivity contribution in [1.82, 2.24) is 10.2 Å². The Labute approximate surface area is 155 Å². The van der Waals surface area contributed by atoms with Crippen molar-refractivity contribution in [1.29, 1.82) is 0 Å². The maximum Gasteiger partial charge on any atom is 0.254 e. The average Bonchev–Trinajstić information content (AvgIpc) is 3.15. The van der Waals surface area contributed by atoms with Crippen LogP contribution in [0, 0.1) is 0 Å². The lowest BCUT2D eigenvalue weighted by Crippen LogP contribution is -2.42. The molecule has 1 aliphatic heterocycles. The van der Waals surface area contributed by atoms with Crippen molar-refractivity contribution < 1.29 is 9.53 Å². The predicted octanol–water partition coefficient (Wildman–Crippen LogP) is 4.11. The van der Waals surface area contributed by atoms with Gasteiger partial charge in [-0.15, -0.1) is 12.4 Å². The lowest BCUT2D eigenvalue weighted by atomic mass is 10.1. The van der Waals surface area contributed by atoms with Crippen LogP contribution in [0.4, 0.5) is 0 Å². The molecule has 134 valence electrons. The van der Waals surface area contributed by atoms with Crippen molar-refractivity contribution in [2.45, 2.75) is 25.8 Å². The van der Waals surface area contributed by atoms with Crippen LogP contribution in [0.25, 0.3) is 0 Å². The van der Waals surface area contributed by atoms with Gasteiger partial charge in [0.05, 0.1) is 0 Å². The maximum absolute atomic E-state index is 12.8. The summed E-state index contributed by atoms with van der Waals surface area (Å²) >= 11 is 0. The van der Waals surface area contributed by atoms with Gasteiger partial charge in [-0.3, -0.25) is 4.79 Å². The van der Waals surface area contributed by atoms with E-state index in [0.29, 0.717) is 6.04 Å². The second-order valence-electron chi connectivity index (χ2n) is 6.08. The molecule has 0 aliphatic carbocycles. The Bertz CT molecular complexity index is 655. The van der Waals surface area contributed by atoms with E-state index in [-0.39, 0.29) is 18.3 Å². The highest BCUT2D eigenvalue weighted by atomic mass is 35.5. The zero-order valence-corrected chi connectivity index (χ0v) is 15.3. The van der Waals surface area contributed by atoms with Gasteiger partial charge in [0.2, 0.25) is 0 Å². The number of para-hydroxylation sites is 1. The Morgan fingerprint density at radius 1 is 1.12 bits per heavy atom. The van der Waals surface area contributed by atoms with Gasteiger partial charge in [-0.05, 0) is 55.8 Å². The summed E-state index contributed by atoms with van der Waals surface area (Å²) in [6.45, 7) is 4.79. The summed E-state index contributed by atoms with van der Waals surface area (Å²) < 4.78 is 5.79. The van der Waals surface area contributed by atoms with Crippen molar-refractivity contribution in [2.75, 3.05) is 19.6 Å². The minimum Gasteiger partial charge on any atom is -0.457 e. The van der Waals surface area contributed by atoms with Gasteiger partial charge < -0.3 is 15.0 Å². The molecule has 0 saturated carbocycles. The SMILES string of the molecule is CCCN(C(=O)c1ccc(Oc2ccccc2)cc1)C1CCNC1.Cl. The first-order chi connectivity index (χ1) is 11.8. The molecule has 1 atom stereocenters. The van der Waals surface area contributed by atoms with E-state index in [2.05, 4.69) is 12.2 Å². The van der Waals surface area contributed by atoms with E-state index in [4.69, 9.17) is 4.74 Å². The first kappa shape index (κ1) is 19.3. The molecule has 0 aromatic heterocycles. The summed E-state index contributed by atoms with van der Waals surface area (Å²) in [6.07, 6.45) is 2.00. The van der Waals surface area contributed by atoms with Gasteiger partial charge in [0.1, 0.15) is 11.5 Å². The fraction of sp³-hybridized carbons (Fsp3) is 0.350. The van der Waals surface area contributed by atoms with Gasteiger partial charge >= 0.3 is 0 Å². The lowest BCUT2D eigenvalue weighted by molar-refractivity contribution is 0.0692. The van der Waals surface area contributed by atoms with Crippen molar-refractivity contribution in [2.24, 2.45) is 0 Å². The highest BCUT2D eigenvalue weighted by molar-refractivity contribution is 5.94. The normalized spacial score (nSPS) is 16.1. The standard InChI is InChI=1S/C20H24N2O2.ClH/c1-2-14-22(17-12-13-21-15-17)20(23)16-8-10-19(11-9-16)24-18-6-4-3-5-7-18;/h3-11,17,21H,2,12-15H2,1H3;1H. The third kappa shape index (κ3) is 4.97. The van der Waals surface area contributed by atoms with Crippen LogP contribution in [0.3, 0.4) is 0 Å². The molecule has 0 spiro atoms. The number of hydrogen-bond donors (Lipinski definition) is 1. The zero-order chi connectivity index (χ0) is 16.8. The molecule has 1 unspecified atom stereocenters. The number of rotatable bonds is 6. The molecule has 1 heterocycles. The molecule has 25 heavy (non-hydrogen) atoms. The van der Waals surface area contributed by atoms with Crippen molar-refractivity contribution in [3.63, 3.8) is 0 Å². The molecule has 1 aliphatic rings. The average molecular weight is 361 g/mol. The minimum atomic E-state index is 0. The second kappa shape index (κ2) is 9.44. The van der Waals surface area contributed by atoms with E-state index in [1.807, 2.05) is 59.5 Å². The highest BCUT2D eigenvalue weighted by Crippen LogP contribution is 2.22. The van der Waals surface area contributed by atoms with Gasteiger partial charge in [0.15, 0.2) is 0 Å². The molecule has 4 nitrogen and oxygen atoms in total. The third-order valence-electron chi connectivity index (χ3n) is 4.28. The fourth-order valence-corrected chi connectivity index (χ4v) is 3.05. The number of carbonyl (C=O) groups excluding carboxylic acids is 1. The molecule has 1 amide bonds. The fourth-order valence-electron chi connectivity index (χ4n) is 3.05. The van der Waals surface area contributed by atoms with Crippen LogP contribution >= 0.6 is 12.4 Å². The van der Waals surface area contributed by atoms with Gasteiger partial charge in [0, 0.05) is 24.7 Å². The summed E-state index contributed by atoms with van der Waals surface area (Å²) in [5.41, 5.74) is 0.718. The Balaban J connectivity index is 0.00000225. The molecule has 0 radical (unpaired) electrons. The highest BCUT2D eigenvalue weighted by Gasteiger charge is 2.26. The summed E-state index contributed by atoms with van der Waals surface area (Å²) in [7, 11) is 0. The van der Waals surface area contributed by atoms with E-state index in [0.717, 1.165) is 49.5 Å². The number of amides is 1. The molecule has 2 aromatic carbocycles. The number of hydrogen-bond acceptors (Lipinski definition) is 3. The van der Waals surface area contributed by atoms with Crippen LogP contribution < -0.4 is 10.1 Å². The molecule has 5 heteroatoms. The van der Waals surface area contributed by atoms with E-state index in [9.17, 15) is 4.79 Å². The summed E-state index contributed by atoms with van der Waals surface area (Å²) in [5, 5.41) is 3.34. The number of nitrogens with one attached hydrogen (secondary N) is 1. The first-order valence-corrected chi connectivity index (χ1v) is 8.62. The maximum atomic E-state index is 12.8. The first-order valence-electron chi connectivity index (χ1n) is 8.62. The molecule has 0 bridgehead atoms. The van der Waals surface area contributed by atoms with E-state index >= 15 is 0 Å². The molecule has 1 saturated heterocycles. The van der Waals surface area contributed by atoms with Gasteiger partial charge in [0.25, 0.3) is 5.91 Å². The molecular weight excluding hydrogens is 336 g/mol. The lowest BCUT2D eigenvalue weighted by Gasteiger charge is -2.28. The van der Waals surface area contributed by atoms with Crippen molar-refractivity contribution in [3.8, 4) is 11.5 Å². The molecule has 1 N–H and O–H groups in total. The van der Waals surface area contributed by atoms with Gasteiger partial charge in [-0.2, -0.15) is 0 Å². The second-order valence-corrected chi connectivity index (χ2v) is 6.08. The third-order valence-corrected chi connectivity index (χ3v) is 4.28. The van der Waals surface area contributed by atoms with E-state index in [1.54, 1.807) is 0 Å². The number of nitrogens with zero attached hydrogens (tertiary/aromatic N) is 1. The van der Waals surface area contributed by atoms with E-state index < -0.39 is 0 Å². The Morgan fingerprint density at radius 2 is 1.80 bits per heavy atom. The molecule has 3 rings (SSSR count). The smallest absolute Gasteiger partial charge is 0.254 e. The summed E-state index contributed by atoms with van der Waals surface area (Å²) in [4.78, 5) is 14.9. The molecule has 2 aromatic rings. The number of benzene rings is 2. The number of carbonyl (C=O) groups is 1. The number of halogens is 1. The summed E-state index contributed by atoms with van der Waals surface area (Å²) in [6, 6.07) is 17.4. The predicted molar refractivity (Wildman–Crippen MR) is 103 cm³/mol. The topological polar surface area (TPSA) is 41.6 Å². The van der Waals surface area contributed by atoms with Crippen LogP contribution in [0.5, 0.6) is 11.5 Å². The Hall–Kier alpha value is -2.04. The summed E-state index contributed by atoms with van der Waals surface area (Å²) in [5.74, 6) is 1.64. The zero-order valence-electron chi connectivity index (χ0n) is 14.5. The van der Waals surface area contributed by atoms with Gasteiger partial charge in [-0.1, -0.05) is 25.1 Å². The van der Waals surface area contributed by atoms with Crippen molar-refractivity contribution >= 4 is 18.3 Å². The largest absolute Gasteiger partial charge is 0.457 e.